The van der Waals surface area contributed by atoms with E-state index in [0.29, 0.717) is 17.8 Å². The van der Waals surface area contributed by atoms with Crippen molar-refractivity contribution < 1.29 is 14.3 Å². The Bertz CT molecular complexity index is 1000. The Morgan fingerprint density at radius 1 is 1.26 bits per heavy atom. The standard InChI is InChI=1S/C22H25ClN4O3S/c1-14-5-6-15(23)12-17(14)27-9-7-26(8-10-27)13-16-19(21(28)30-2)20(25-22(29)24-16)18-4-3-11-31-18/h3-6,11-12,20H,7-10,13H2,1-2H3,(H2,24,25,29)/t20-/m1/s1. The summed E-state index contributed by atoms with van der Waals surface area (Å²) in [5.74, 6) is -0.436. The first-order valence-electron chi connectivity index (χ1n) is 10.1. The summed E-state index contributed by atoms with van der Waals surface area (Å²) >= 11 is 7.69. The molecule has 0 saturated carbocycles. The number of urea groups is 1. The number of amides is 2. The van der Waals surface area contributed by atoms with Crippen molar-refractivity contribution in [2.45, 2.75) is 13.0 Å². The van der Waals surface area contributed by atoms with Gasteiger partial charge in [0.05, 0.1) is 18.7 Å². The molecule has 0 spiro atoms. The minimum atomic E-state index is -0.508. The van der Waals surface area contributed by atoms with E-state index in [2.05, 4.69) is 27.4 Å². The van der Waals surface area contributed by atoms with Gasteiger partial charge in [-0.2, -0.15) is 0 Å². The summed E-state index contributed by atoms with van der Waals surface area (Å²) < 4.78 is 5.05. The predicted octanol–water partition coefficient (Wildman–Crippen LogP) is 3.31. The highest BCUT2D eigenvalue weighted by Gasteiger charge is 2.35. The zero-order chi connectivity index (χ0) is 22.0. The molecule has 0 radical (unpaired) electrons. The first-order chi connectivity index (χ1) is 15.0. The molecule has 0 bridgehead atoms. The second-order valence-corrected chi connectivity index (χ2v) is 9.04. The molecule has 2 aromatic rings. The first-order valence-corrected chi connectivity index (χ1v) is 11.4. The molecule has 3 heterocycles. The molecule has 2 N–H and O–H groups in total. The number of benzene rings is 1. The number of carbonyl (C=O) groups excluding carboxylic acids is 2. The van der Waals surface area contributed by atoms with E-state index in [1.54, 1.807) is 0 Å². The largest absolute Gasteiger partial charge is 0.466 e. The van der Waals surface area contributed by atoms with Crippen molar-refractivity contribution in [3.63, 3.8) is 0 Å². The number of anilines is 1. The number of ether oxygens (including phenoxy) is 1. The Labute approximate surface area is 190 Å². The Morgan fingerprint density at radius 2 is 2.03 bits per heavy atom. The van der Waals surface area contributed by atoms with E-state index in [9.17, 15) is 9.59 Å². The topological polar surface area (TPSA) is 73.9 Å². The lowest BCUT2D eigenvalue weighted by molar-refractivity contribution is -0.136. The van der Waals surface area contributed by atoms with Crippen LogP contribution in [0.4, 0.5) is 10.5 Å². The van der Waals surface area contributed by atoms with Gasteiger partial charge in [-0.1, -0.05) is 23.7 Å². The quantitative estimate of drug-likeness (QED) is 0.669. The van der Waals surface area contributed by atoms with Crippen LogP contribution >= 0.6 is 22.9 Å². The number of piperazine rings is 1. The molecule has 9 heteroatoms. The molecule has 0 aliphatic carbocycles. The fourth-order valence-corrected chi connectivity index (χ4v) is 5.01. The Morgan fingerprint density at radius 3 is 2.71 bits per heavy atom. The van der Waals surface area contributed by atoms with Gasteiger partial charge in [-0.15, -0.1) is 11.3 Å². The zero-order valence-corrected chi connectivity index (χ0v) is 19.1. The fourth-order valence-electron chi connectivity index (χ4n) is 4.06. The molecule has 31 heavy (non-hydrogen) atoms. The van der Waals surface area contributed by atoms with E-state index in [-0.39, 0.29) is 6.03 Å². The van der Waals surface area contributed by atoms with E-state index in [1.807, 2.05) is 35.7 Å². The third-order valence-electron chi connectivity index (χ3n) is 5.65. The maximum Gasteiger partial charge on any atom is 0.338 e. The van der Waals surface area contributed by atoms with Crippen molar-refractivity contribution in [2.24, 2.45) is 0 Å². The molecule has 1 fully saturated rings. The van der Waals surface area contributed by atoms with E-state index in [0.717, 1.165) is 41.8 Å². The highest BCUT2D eigenvalue weighted by molar-refractivity contribution is 7.10. The number of aryl methyl sites for hydroxylation is 1. The summed E-state index contributed by atoms with van der Waals surface area (Å²) in [6, 6.07) is 8.94. The van der Waals surface area contributed by atoms with Gasteiger partial charge in [0.1, 0.15) is 0 Å². The molecule has 0 unspecified atom stereocenters. The number of methoxy groups -OCH3 is 1. The normalized spacial score (nSPS) is 19.8. The summed E-state index contributed by atoms with van der Waals surface area (Å²) in [6.45, 7) is 5.84. The lowest BCUT2D eigenvalue weighted by Crippen LogP contribution is -2.51. The second kappa shape index (κ2) is 9.30. The van der Waals surface area contributed by atoms with Crippen LogP contribution in [0.15, 0.2) is 47.0 Å². The van der Waals surface area contributed by atoms with Gasteiger partial charge in [0.2, 0.25) is 0 Å². The van der Waals surface area contributed by atoms with E-state index in [1.165, 1.54) is 24.0 Å². The van der Waals surface area contributed by atoms with Crippen LogP contribution in [0.2, 0.25) is 5.02 Å². The summed E-state index contributed by atoms with van der Waals surface area (Å²) in [5.41, 5.74) is 3.39. The molecule has 1 atom stereocenters. The SMILES string of the molecule is COC(=O)C1=C(CN2CCN(c3cc(Cl)ccc3C)CC2)NC(=O)N[C@@H]1c1cccs1. The maximum absolute atomic E-state index is 12.6. The number of rotatable bonds is 5. The summed E-state index contributed by atoms with van der Waals surface area (Å²) in [7, 11) is 1.36. The Kier molecular flexibility index (Phi) is 6.50. The zero-order valence-electron chi connectivity index (χ0n) is 17.5. The molecule has 2 amide bonds. The summed E-state index contributed by atoms with van der Waals surface area (Å²) in [6.07, 6.45) is 0. The minimum absolute atomic E-state index is 0.311. The molecule has 2 aliphatic heterocycles. The molecule has 1 aromatic carbocycles. The first kappa shape index (κ1) is 21.7. The van der Waals surface area contributed by atoms with Crippen molar-refractivity contribution in [1.29, 1.82) is 0 Å². The number of thiophene rings is 1. The monoisotopic (exact) mass is 460 g/mol. The lowest BCUT2D eigenvalue weighted by atomic mass is 10.0. The number of nitrogens with zero attached hydrogens (tertiary/aromatic N) is 2. The number of halogens is 1. The van der Waals surface area contributed by atoms with Gasteiger partial charge in [0.15, 0.2) is 0 Å². The number of carbonyl (C=O) groups is 2. The van der Waals surface area contributed by atoms with E-state index < -0.39 is 12.0 Å². The van der Waals surface area contributed by atoms with E-state index in [4.69, 9.17) is 16.3 Å². The van der Waals surface area contributed by atoms with Gasteiger partial charge >= 0.3 is 12.0 Å². The van der Waals surface area contributed by atoms with Gasteiger partial charge in [-0.25, -0.2) is 9.59 Å². The van der Waals surface area contributed by atoms with Gasteiger partial charge in [-0.05, 0) is 36.1 Å². The number of nitrogens with one attached hydrogen (secondary N) is 2. The van der Waals surface area contributed by atoms with Crippen LogP contribution < -0.4 is 15.5 Å². The summed E-state index contributed by atoms with van der Waals surface area (Å²) in [4.78, 5) is 30.4. The van der Waals surface area contributed by atoms with Gasteiger partial charge in [0, 0.05) is 54.0 Å². The molecule has 164 valence electrons. The molecule has 7 nitrogen and oxygen atoms in total. The van der Waals surface area contributed by atoms with Crippen molar-refractivity contribution >= 4 is 40.6 Å². The number of hydrogen-bond acceptors (Lipinski definition) is 6. The molecule has 2 aliphatic rings. The van der Waals surface area contributed by atoms with Crippen LogP contribution in [0.1, 0.15) is 16.5 Å². The van der Waals surface area contributed by atoms with Crippen LogP contribution in [-0.2, 0) is 9.53 Å². The van der Waals surface area contributed by atoms with Crippen molar-refractivity contribution in [3.05, 3.63) is 62.4 Å². The summed E-state index contributed by atoms with van der Waals surface area (Å²) in [5, 5.41) is 8.35. The van der Waals surface area contributed by atoms with Gasteiger partial charge < -0.3 is 20.3 Å². The van der Waals surface area contributed by atoms with Crippen LogP contribution in [0, 0.1) is 6.92 Å². The predicted molar refractivity (Wildman–Crippen MR) is 123 cm³/mol. The number of hydrogen-bond donors (Lipinski definition) is 2. The lowest BCUT2D eigenvalue weighted by Gasteiger charge is -2.38. The highest BCUT2D eigenvalue weighted by atomic mass is 35.5. The number of esters is 1. The Balaban J connectivity index is 1.52. The van der Waals surface area contributed by atoms with Crippen molar-refractivity contribution in [2.75, 3.05) is 44.7 Å². The average molecular weight is 461 g/mol. The van der Waals surface area contributed by atoms with Crippen LogP contribution in [0.25, 0.3) is 0 Å². The van der Waals surface area contributed by atoms with Crippen LogP contribution in [0.5, 0.6) is 0 Å². The maximum atomic E-state index is 12.6. The van der Waals surface area contributed by atoms with Crippen LogP contribution in [0.3, 0.4) is 0 Å². The van der Waals surface area contributed by atoms with Crippen molar-refractivity contribution in [3.8, 4) is 0 Å². The molecule has 1 aromatic heterocycles. The van der Waals surface area contributed by atoms with E-state index >= 15 is 0 Å². The smallest absolute Gasteiger partial charge is 0.338 e. The minimum Gasteiger partial charge on any atom is -0.466 e. The second-order valence-electron chi connectivity index (χ2n) is 7.62. The van der Waals surface area contributed by atoms with Crippen LogP contribution in [-0.4, -0.2) is 56.7 Å². The molecule has 1 saturated heterocycles. The van der Waals surface area contributed by atoms with Crippen molar-refractivity contribution in [1.82, 2.24) is 15.5 Å². The Hall–Kier alpha value is -2.55. The van der Waals surface area contributed by atoms with Gasteiger partial charge in [0.25, 0.3) is 0 Å². The molecule has 4 rings (SSSR count). The molecular weight excluding hydrogens is 436 g/mol. The third-order valence-corrected chi connectivity index (χ3v) is 6.82. The molecular formula is C22H25ClN4O3S. The third kappa shape index (κ3) is 4.71. The fraction of sp³-hybridized carbons (Fsp3) is 0.364. The average Bonchev–Trinajstić information content (AvgIpc) is 3.30. The van der Waals surface area contributed by atoms with Gasteiger partial charge in [-0.3, -0.25) is 4.90 Å². The highest BCUT2D eigenvalue weighted by Crippen LogP contribution is 2.31.